The molecular formula is C43H80N+. The van der Waals surface area contributed by atoms with Crippen molar-refractivity contribution in [1.82, 2.24) is 0 Å². The van der Waals surface area contributed by atoms with E-state index in [0.29, 0.717) is 0 Å². The highest BCUT2D eigenvalue weighted by atomic mass is 14.9. The molecule has 0 aromatic carbocycles. The smallest absolute Gasteiger partial charge is 0.181 e. The van der Waals surface area contributed by atoms with Crippen LogP contribution in [0, 0.1) is 0 Å². The highest BCUT2D eigenvalue weighted by Gasteiger charge is 2.08. The van der Waals surface area contributed by atoms with Crippen LogP contribution in [0.1, 0.15) is 224 Å². The molecule has 0 fully saturated rings. The molecule has 0 aliphatic carbocycles. The van der Waals surface area contributed by atoms with Gasteiger partial charge in [-0.1, -0.05) is 187 Å². The molecular weight excluding hydrogens is 530 g/mol. The fourth-order valence-corrected chi connectivity index (χ4v) is 6.68. The number of nitrogens with zero attached hydrogens (tertiary/aromatic N) is 1. The van der Waals surface area contributed by atoms with Crippen LogP contribution in [0.5, 0.6) is 0 Å². The van der Waals surface area contributed by atoms with Crippen molar-refractivity contribution in [2.45, 2.75) is 226 Å². The quantitative estimate of drug-likeness (QED) is 0.0415. The van der Waals surface area contributed by atoms with Crippen LogP contribution < -0.4 is 4.57 Å². The minimum Gasteiger partial charge on any atom is -0.205 e. The molecule has 0 spiro atoms. The second-order valence-electron chi connectivity index (χ2n) is 14.2. The SMILES string of the molecule is CCCCCCCC/C=C\CCCCCCCCCc1cc(CCCCCCCCCCCCCCCCCC)cc[n+]1C. The number of allylic oxidation sites excluding steroid dienone is 2. The average molecular weight is 611 g/mol. The van der Waals surface area contributed by atoms with Gasteiger partial charge >= 0.3 is 0 Å². The largest absolute Gasteiger partial charge is 0.205 e. The molecule has 0 N–H and O–H groups in total. The second kappa shape index (κ2) is 33.3. The minimum absolute atomic E-state index is 1.24. The van der Waals surface area contributed by atoms with Crippen LogP contribution in [0.2, 0.25) is 0 Å². The van der Waals surface area contributed by atoms with Gasteiger partial charge < -0.3 is 0 Å². The van der Waals surface area contributed by atoms with Gasteiger partial charge in [-0.05, 0) is 50.5 Å². The lowest BCUT2D eigenvalue weighted by molar-refractivity contribution is -0.679. The number of aromatic nitrogens is 1. The summed E-state index contributed by atoms with van der Waals surface area (Å²) < 4.78 is 2.36. The third-order valence-electron chi connectivity index (χ3n) is 9.83. The maximum absolute atomic E-state index is 2.51. The molecule has 0 saturated heterocycles. The number of rotatable bonds is 34. The molecule has 0 aliphatic heterocycles. The first-order valence-electron chi connectivity index (χ1n) is 20.4. The van der Waals surface area contributed by atoms with Crippen LogP contribution in [0.15, 0.2) is 30.5 Å². The van der Waals surface area contributed by atoms with Crippen LogP contribution in [0.25, 0.3) is 0 Å². The number of aryl methyl sites for hydroxylation is 3. The van der Waals surface area contributed by atoms with Gasteiger partial charge in [-0.3, -0.25) is 0 Å². The summed E-state index contributed by atoms with van der Waals surface area (Å²) in [5.41, 5.74) is 3.09. The van der Waals surface area contributed by atoms with Crippen LogP contribution in [-0.4, -0.2) is 0 Å². The molecule has 1 aromatic rings. The van der Waals surface area contributed by atoms with Crippen molar-refractivity contribution in [2.75, 3.05) is 0 Å². The summed E-state index contributed by atoms with van der Waals surface area (Å²) in [5.74, 6) is 0. The van der Waals surface area contributed by atoms with Crippen LogP contribution in [0.3, 0.4) is 0 Å². The number of pyridine rings is 1. The maximum atomic E-state index is 2.51. The van der Waals surface area contributed by atoms with Crippen molar-refractivity contribution in [3.63, 3.8) is 0 Å². The zero-order valence-corrected chi connectivity index (χ0v) is 30.7. The van der Waals surface area contributed by atoms with Gasteiger partial charge in [0.15, 0.2) is 11.9 Å². The van der Waals surface area contributed by atoms with Gasteiger partial charge in [-0.25, -0.2) is 4.57 Å². The van der Waals surface area contributed by atoms with E-state index in [2.05, 4.69) is 55.9 Å². The van der Waals surface area contributed by atoms with Gasteiger partial charge in [0.2, 0.25) is 0 Å². The molecule has 1 nitrogen and oxygen atoms in total. The number of hydrogen-bond donors (Lipinski definition) is 0. The Morgan fingerprint density at radius 2 is 0.773 bits per heavy atom. The molecule has 256 valence electrons. The number of unbranched alkanes of at least 4 members (excludes halogenated alkanes) is 28. The first kappa shape index (κ1) is 40.9. The fourth-order valence-electron chi connectivity index (χ4n) is 6.68. The van der Waals surface area contributed by atoms with E-state index >= 15 is 0 Å². The second-order valence-corrected chi connectivity index (χ2v) is 14.2. The Bertz CT molecular complexity index is 734. The first-order chi connectivity index (χ1) is 21.8. The standard InChI is InChI=1S/C43H80N/c1-4-6-8-10-12-14-16-18-20-22-24-26-28-30-32-34-36-38-43-41-42(39-40-44(43)3)37-35-33-31-29-27-25-23-21-19-17-15-13-11-9-7-5-2/h18,20,39-41H,4-17,19,21-38H2,1-3H3/q+1/b20-18-. The van der Waals surface area contributed by atoms with Crippen molar-refractivity contribution < 1.29 is 4.57 Å². The molecule has 44 heavy (non-hydrogen) atoms. The van der Waals surface area contributed by atoms with Gasteiger partial charge in [0, 0.05) is 18.6 Å². The highest BCUT2D eigenvalue weighted by molar-refractivity contribution is 5.13. The molecule has 1 aromatic heterocycles. The molecule has 0 amide bonds. The summed E-state index contributed by atoms with van der Waals surface area (Å²) in [7, 11) is 2.23. The summed E-state index contributed by atoms with van der Waals surface area (Å²) in [5, 5.41) is 0. The molecule has 0 unspecified atom stereocenters. The molecule has 0 saturated carbocycles. The molecule has 1 heteroatoms. The predicted octanol–water partition coefficient (Wildman–Crippen LogP) is 14.3. The van der Waals surface area contributed by atoms with E-state index in [1.807, 2.05) is 0 Å². The third kappa shape index (κ3) is 27.2. The van der Waals surface area contributed by atoms with Crippen LogP contribution >= 0.6 is 0 Å². The maximum Gasteiger partial charge on any atom is 0.181 e. The lowest BCUT2D eigenvalue weighted by Gasteiger charge is -2.06. The summed E-state index contributed by atoms with van der Waals surface area (Å²) in [6, 6.07) is 4.86. The van der Waals surface area contributed by atoms with Gasteiger partial charge in [0.25, 0.3) is 0 Å². The van der Waals surface area contributed by atoms with Crippen molar-refractivity contribution in [3.8, 4) is 0 Å². The van der Waals surface area contributed by atoms with E-state index < -0.39 is 0 Å². The zero-order chi connectivity index (χ0) is 31.6. The molecule has 1 rings (SSSR count). The minimum atomic E-state index is 1.24. The van der Waals surface area contributed by atoms with Gasteiger partial charge in [0.1, 0.15) is 7.05 Å². The van der Waals surface area contributed by atoms with Gasteiger partial charge in [-0.2, -0.15) is 0 Å². The average Bonchev–Trinajstić information content (AvgIpc) is 3.03. The van der Waals surface area contributed by atoms with Crippen molar-refractivity contribution in [3.05, 3.63) is 41.7 Å². The Kier molecular flexibility index (Phi) is 30.9. The summed E-state index contributed by atoms with van der Waals surface area (Å²) in [6.45, 7) is 4.60. The third-order valence-corrected chi connectivity index (χ3v) is 9.83. The van der Waals surface area contributed by atoms with E-state index in [9.17, 15) is 0 Å². The van der Waals surface area contributed by atoms with Crippen molar-refractivity contribution >= 4 is 0 Å². The van der Waals surface area contributed by atoms with E-state index in [-0.39, 0.29) is 0 Å². The summed E-state index contributed by atoms with van der Waals surface area (Å²) >= 11 is 0. The summed E-state index contributed by atoms with van der Waals surface area (Å²) in [4.78, 5) is 0. The van der Waals surface area contributed by atoms with Crippen LogP contribution in [0.4, 0.5) is 0 Å². The van der Waals surface area contributed by atoms with E-state index in [0.717, 1.165) is 0 Å². The molecule has 0 radical (unpaired) electrons. The van der Waals surface area contributed by atoms with Crippen LogP contribution in [-0.2, 0) is 19.9 Å². The highest BCUT2D eigenvalue weighted by Crippen LogP contribution is 2.16. The molecule has 1 heterocycles. The van der Waals surface area contributed by atoms with E-state index in [4.69, 9.17) is 0 Å². The Morgan fingerprint density at radius 3 is 1.18 bits per heavy atom. The lowest BCUT2D eigenvalue weighted by atomic mass is 10.0. The zero-order valence-electron chi connectivity index (χ0n) is 30.7. The Balaban J connectivity index is 1.92. The normalized spacial score (nSPS) is 11.7. The predicted molar refractivity (Wildman–Crippen MR) is 199 cm³/mol. The Hall–Kier alpha value is -1.11. The summed E-state index contributed by atoms with van der Waals surface area (Å²) in [6.07, 6.45) is 53.7. The first-order valence-corrected chi connectivity index (χ1v) is 20.4. The lowest BCUT2D eigenvalue weighted by Crippen LogP contribution is -2.33. The number of hydrogen-bond acceptors (Lipinski definition) is 0. The topological polar surface area (TPSA) is 3.88 Å². The van der Waals surface area contributed by atoms with Gasteiger partial charge in [-0.15, -0.1) is 0 Å². The van der Waals surface area contributed by atoms with E-state index in [1.54, 1.807) is 5.56 Å². The Morgan fingerprint density at radius 1 is 0.432 bits per heavy atom. The monoisotopic (exact) mass is 611 g/mol. The fraction of sp³-hybridized carbons (Fsp3) is 0.837. The van der Waals surface area contributed by atoms with Gasteiger partial charge in [0.05, 0.1) is 0 Å². The van der Waals surface area contributed by atoms with Crippen molar-refractivity contribution in [2.24, 2.45) is 7.05 Å². The molecule has 0 bridgehead atoms. The Labute approximate surface area is 278 Å². The van der Waals surface area contributed by atoms with E-state index in [1.165, 1.54) is 218 Å². The molecule has 0 atom stereocenters. The van der Waals surface area contributed by atoms with Crippen molar-refractivity contribution in [1.29, 1.82) is 0 Å². The molecule has 0 aliphatic rings.